The van der Waals surface area contributed by atoms with Crippen LogP contribution in [0.5, 0.6) is 0 Å². The third-order valence-corrected chi connectivity index (χ3v) is 8.26. The van der Waals surface area contributed by atoms with Crippen LogP contribution in [0, 0.1) is 11.8 Å². The Labute approximate surface area is 284 Å². The summed E-state index contributed by atoms with van der Waals surface area (Å²) in [6.45, 7) is 6.14. The van der Waals surface area contributed by atoms with Crippen molar-refractivity contribution < 1.29 is 33.6 Å². The Hall–Kier alpha value is -5.37. The van der Waals surface area contributed by atoms with Gasteiger partial charge in [0.15, 0.2) is 6.29 Å². The Kier molecular flexibility index (Phi) is 12.8. The summed E-state index contributed by atoms with van der Waals surface area (Å²) in [6, 6.07) is 12.6. The number of hydrogen-bond donors (Lipinski definition) is 6. The molecule has 6 amide bonds. The normalized spacial score (nSPS) is 14.9. The number of aromatic amines is 1. The molecule has 4 rings (SSSR count). The van der Waals surface area contributed by atoms with Crippen molar-refractivity contribution in [1.29, 1.82) is 0 Å². The zero-order valence-corrected chi connectivity index (χ0v) is 27.9. The summed E-state index contributed by atoms with van der Waals surface area (Å²) in [6.07, 6.45) is 2.13. The summed E-state index contributed by atoms with van der Waals surface area (Å²) in [5.41, 5.74) is 2.60. The number of anilines is 2. The molecule has 2 aromatic carbocycles. The van der Waals surface area contributed by atoms with Gasteiger partial charge in [0.2, 0.25) is 29.5 Å². The second-order valence-electron chi connectivity index (χ2n) is 12.3. The number of fused-ring (bicyclic) bond motifs is 1. The molecular formula is C35H43N7O7. The van der Waals surface area contributed by atoms with Crippen LogP contribution in [-0.2, 0) is 24.0 Å². The van der Waals surface area contributed by atoms with E-state index in [-0.39, 0.29) is 73.8 Å². The van der Waals surface area contributed by atoms with Gasteiger partial charge in [0.25, 0.3) is 5.91 Å². The summed E-state index contributed by atoms with van der Waals surface area (Å²) in [7, 11) is 0. The zero-order chi connectivity index (χ0) is 35.5. The minimum absolute atomic E-state index is 0.0984. The number of H-pyrrole nitrogens is 1. The van der Waals surface area contributed by atoms with E-state index in [2.05, 4.69) is 31.6 Å². The summed E-state index contributed by atoms with van der Waals surface area (Å²) in [5, 5.41) is 14.8. The lowest BCUT2D eigenvalue weighted by Gasteiger charge is -2.22. The molecule has 14 nitrogen and oxygen atoms in total. The highest BCUT2D eigenvalue weighted by atomic mass is 16.2. The van der Waals surface area contributed by atoms with Crippen molar-refractivity contribution >= 4 is 64.0 Å². The van der Waals surface area contributed by atoms with Crippen LogP contribution in [0.3, 0.4) is 0 Å². The number of imide groups is 1. The van der Waals surface area contributed by atoms with E-state index < -0.39 is 11.9 Å². The Morgan fingerprint density at radius 3 is 2.35 bits per heavy atom. The summed E-state index contributed by atoms with van der Waals surface area (Å²) in [4.78, 5) is 89.8. The second kappa shape index (κ2) is 17.2. The molecule has 1 saturated heterocycles. The molecule has 0 radical (unpaired) electrons. The lowest BCUT2D eigenvalue weighted by atomic mass is 10.0. The van der Waals surface area contributed by atoms with Gasteiger partial charge in [-0.1, -0.05) is 20.8 Å². The van der Waals surface area contributed by atoms with Gasteiger partial charge >= 0.3 is 0 Å². The van der Waals surface area contributed by atoms with Gasteiger partial charge in [0, 0.05) is 66.2 Å². The van der Waals surface area contributed by atoms with E-state index in [4.69, 9.17) is 0 Å². The molecule has 0 bridgehead atoms. The molecule has 0 saturated carbocycles. The van der Waals surface area contributed by atoms with Gasteiger partial charge in [-0.15, -0.1) is 0 Å². The van der Waals surface area contributed by atoms with E-state index in [1.165, 1.54) is 4.90 Å². The highest BCUT2D eigenvalue weighted by Crippen LogP contribution is 2.23. The first kappa shape index (κ1) is 36.5. The Morgan fingerprint density at radius 2 is 1.67 bits per heavy atom. The number of nitrogens with one attached hydrogen (secondary N) is 6. The fourth-order valence-corrected chi connectivity index (χ4v) is 5.54. The molecule has 0 aliphatic carbocycles. The highest BCUT2D eigenvalue weighted by Gasteiger charge is 2.36. The smallest absolute Gasteiger partial charge is 0.255 e. The highest BCUT2D eigenvalue weighted by molar-refractivity contribution is 6.06. The molecule has 1 aliphatic heterocycles. The topological polar surface area (TPSA) is 199 Å². The number of carbonyl (C=O) groups is 7. The van der Waals surface area contributed by atoms with Crippen LogP contribution >= 0.6 is 0 Å². The van der Waals surface area contributed by atoms with Crippen LogP contribution in [0.4, 0.5) is 11.4 Å². The van der Waals surface area contributed by atoms with E-state index in [0.717, 1.165) is 17.2 Å². The molecule has 2 heterocycles. The van der Waals surface area contributed by atoms with E-state index >= 15 is 0 Å². The molecule has 2 atom stereocenters. The quantitative estimate of drug-likeness (QED) is 0.0714. The Balaban J connectivity index is 1.14. The fraction of sp³-hybridized carbons (Fsp3) is 0.400. The molecule has 14 heteroatoms. The number of carbonyl (C=O) groups excluding carboxylic acids is 7. The van der Waals surface area contributed by atoms with Crippen molar-refractivity contribution in [1.82, 2.24) is 25.8 Å². The molecule has 49 heavy (non-hydrogen) atoms. The molecule has 2 unspecified atom stereocenters. The summed E-state index contributed by atoms with van der Waals surface area (Å²) in [5.74, 6) is -2.08. The molecule has 260 valence electrons. The average molecular weight is 674 g/mol. The van der Waals surface area contributed by atoms with Crippen molar-refractivity contribution in [3.05, 3.63) is 59.8 Å². The van der Waals surface area contributed by atoms with E-state index in [1.807, 2.05) is 20.8 Å². The van der Waals surface area contributed by atoms with E-state index in [0.29, 0.717) is 42.0 Å². The Bertz CT molecular complexity index is 1700. The van der Waals surface area contributed by atoms with Crippen LogP contribution in [0.25, 0.3) is 10.9 Å². The fourth-order valence-electron chi connectivity index (χ4n) is 5.54. The minimum Gasteiger partial charge on any atom is -0.355 e. The van der Waals surface area contributed by atoms with Crippen LogP contribution in [0.2, 0.25) is 0 Å². The zero-order valence-electron chi connectivity index (χ0n) is 27.9. The lowest BCUT2D eigenvalue weighted by molar-refractivity contribution is -0.140. The first-order valence-corrected chi connectivity index (χ1v) is 16.4. The van der Waals surface area contributed by atoms with Crippen molar-refractivity contribution in [2.75, 3.05) is 36.8 Å². The predicted molar refractivity (Wildman–Crippen MR) is 184 cm³/mol. The number of benzene rings is 2. The van der Waals surface area contributed by atoms with Crippen LogP contribution < -0.4 is 26.6 Å². The van der Waals surface area contributed by atoms with Crippen LogP contribution in [0.1, 0.15) is 67.3 Å². The average Bonchev–Trinajstić information content (AvgIpc) is 3.62. The standard InChI is InChI=1S/C35H43N7O7/c1-4-22-18-31(46)42(35(22)49)15-5-6-29(44)36-13-14-37-32(21(2)3)34(48)38-19-30(45)40-25-9-7-23(8-10-25)33(47)41-26-11-12-28-24(16-26)17-27(20-43)39-28/h7-12,16-17,20-22,32,37,39H,4-6,13-15,18-19H2,1-3H3,(H,36,44)(H,38,48)(H,40,45)(H,41,47). The van der Waals surface area contributed by atoms with Gasteiger partial charge in [-0.2, -0.15) is 0 Å². The third-order valence-electron chi connectivity index (χ3n) is 8.26. The summed E-state index contributed by atoms with van der Waals surface area (Å²) < 4.78 is 0. The first-order valence-electron chi connectivity index (χ1n) is 16.4. The van der Waals surface area contributed by atoms with Crippen molar-refractivity contribution in [3.8, 4) is 0 Å². The van der Waals surface area contributed by atoms with Crippen LogP contribution in [0.15, 0.2) is 48.5 Å². The molecule has 6 N–H and O–H groups in total. The second-order valence-corrected chi connectivity index (χ2v) is 12.3. The SMILES string of the molecule is CCC1CC(=O)N(CCCC(=O)NCCNC(C(=O)NCC(=O)Nc2ccc(C(=O)Nc3ccc4[nH]c(C=O)cc4c3)cc2)C(C)C)C1=O. The van der Waals surface area contributed by atoms with Crippen LogP contribution in [-0.4, -0.2) is 83.8 Å². The predicted octanol–water partition coefficient (Wildman–Crippen LogP) is 2.58. The van der Waals surface area contributed by atoms with E-state index in [1.54, 1.807) is 48.5 Å². The largest absolute Gasteiger partial charge is 0.355 e. The first-order chi connectivity index (χ1) is 23.5. The number of hydrogen-bond acceptors (Lipinski definition) is 8. The van der Waals surface area contributed by atoms with Gasteiger partial charge in [-0.3, -0.25) is 38.5 Å². The number of amides is 6. The molecule has 1 fully saturated rings. The Morgan fingerprint density at radius 1 is 0.939 bits per heavy atom. The van der Waals surface area contributed by atoms with Gasteiger partial charge in [0.1, 0.15) is 0 Å². The van der Waals surface area contributed by atoms with Crippen molar-refractivity contribution in [2.24, 2.45) is 11.8 Å². The molecule has 0 spiro atoms. The monoisotopic (exact) mass is 673 g/mol. The minimum atomic E-state index is -0.605. The number of rotatable bonds is 17. The van der Waals surface area contributed by atoms with E-state index in [9.17, 15) is 33.6 Å². The molecule has 1 aromatic heterocycles. The van der Waals surface area contributed by atoms with Crippen molar-refractivity contribution in [3.63, 3.8) is 0 Å². The molecule has 3 aromatic rings. The maximum absolute atomic E-state index is 12.8. The third kappa shape index (κ3) is 10.1. The van der Waals surface area contributed by atoms with Gasteiger partial charge in [0.05, 0.1) is 18.3 Å². The maximum atomic E-state index is 12.8. The van der Waals surface area contributed by atoms with Gasteiger partial charge in [-0.25, -0.2) is 0 Å². The summed E-state index contributed by atoms with van der Waals surface area (Å²) >= 11 is 0. The number of nitrogens with zero attached hydrogens (tertiary/aromatic N) is 1. The van der Waals surface area contributed by atoms with Gasteiger partial charge in [-0.05, 0) is 67.3 Å². The maximum Gasteiger partial charge on any atom is 0.255 e. The number of aromatic nitrogens is 1. The van der Waals surface area contributed by atoms with Crippen molar-refractivity contribution in [2.45, 2.75) is 52.5 Å². The molecular weight excluding hydrogens is 630 g/mol. The number of likely N-dealkylation sites (tertiary alicyclic amines) is 1. The lowest BCUT2D eigenvalue weighted by Crippen LogP contribution is -2.50. The molecule has 1 aliphatic rings. The van der Waals surface area contributed by atoms with Gasteiger partial charge < -0.3 is 31.6 Å². The number of aldehydes is 1.